The van der Waals surface area contributed by atoms with Crippen LogP contribution in [0.25, 0.3) is 10.8 Å². The minimum Gasteiger partial charge on any atom is -0.373 e. The molecule has 1 amide bonds. The summed E-state index contributed by atoms with van der Waals surface area (Å²) in [4.78, 5) is 12.5. The number of amides is 1. The first-order chi connectivity index (χ1) is 11.1. The molecule has 3 atom stereocenters. The van der Waals surface area contributed by atoms with E-state index in [1.54, 1.807) is 0 Å². The van der Waals surface area contributed by atoms with Crippen LogP contribution in [-0.4, -0.2) is 18.0 Å². The van der Waals surface area contributed by atoms with E-state index in [-0.39, 0.29) is 11.9 Å². The molecule has 0 unspecified atom stereocenters. The Morgan fingerprint density at radius 2 is 1.83 bits per heavy atom. The maximum atomic E-state index is 12.5. The van der Waals surface area contributed by atoms with Crippen molar-refractivity contribution in [3.63, 3.8) is 0 Å². The Bertz CT molecular complexity index is 677. The third-order valence-electron chi connectivity index (χ3n) is 4.99. The van der Waals surface area contributed by atoms with Crippen LogP contribution in [0.15, 0.2) is 42.5 Å². The zero-order chi connectivity index (χ0) is 16.2. The number of hydrogen-bond donors (Lipinski definition) is 2. The van der Waals surface area contributed by atoms with Gasteiger partial charge >= 0.3 is 0 Å². The van der Waals surface area contributed by atoms with E-state index in [4.69, 9.17) is 0 Å². The van der Waals surface area contributed by atoms with Crippen LogP contribution in [-0.2, 0) is 4.79 Å². The summed E-state index contributed by atoms with van der Waals surface area (Å²) in [6.45, 7) is 4.18. The van der Waals surface area contributed by atoms with E-state index in [0.717, 1.165) is 17.5 Å². The first-order valence-electron chi connectivity index (χ1n) is 8.70. The molecule has 0 spiro atoms. The topological polar surface area (TPSA) is 41.1 Å². The average Bonchev–Trinajstić information content (AvgIpc) is 2.57. The molecule has 0 bridgehead atoms. The highest BCUT2D eigenvalue weighted by atomic mass is 16.2. The first-order valence-corrected chi connectivity index (χ1v) is 8.70. The molecule has 1 aliphatic rings. The maximum absolute atomic E-state index is 12.5. The van der Waals surface area contributed by atoms with Crippen molar-refractivity contribution in [3.8, 4) is 0 Å². The molecular weight excluding hydrogens is 284 g/mol. The van der Waals surface area contributed by atoms with E-state index in [1.807, 2.05) is 31.2 Å². The Labute approximate surface area is 138 Å². The van der Waals surface area contributed by atoms with Gasteiger partial charge in [-0.3, -0.25) is 4.79 Å². The lowest BCUT2D eigenvalue weighted by Crippen LogP contribution is -2.46. The largest absolute Gasteiger partial charge is 0.373 e. The zero-order valence-corrected chi connectivity index (χ0v) is 14.0. The summed E-state index contributed by atoms with van der Waals surface area (Å²) < 4.78 is 0. The van der Waals surface area contributed by atoms with Crippen molar-refractivity contribution in [2.75, 3.05) is 5.32 Å². The predicted octanol–water partition coefficient (Wildman–Crippen LogP) is 4.34. The molecule has 23 heavy (non-hydrogen) atoms. The van der Waals surface area contributed by atoms with Crippen LogP contribution < -0.4 is 10.6 Å². The second kappa shape index (κ2) is 7.03. The summed E-state index contributed by atoms with van der Waals surface area (Å²) in [6, 6.07) is 14.5. The number of carbonyl (C=O) groups is 1. The molecule has 3 heteroatoms. The third kappa shape index (κ3) is 3.66. The average molecular weight is 310 g/mol. The van der Waals surface area contributed by atoms with Gasteiger partial charge in [0.1, 0.15) is 6.04 Å². The quantitative estimate of drug-likeness (QED) is 0.882. The minimum absolute atomic E-state index is 0.0942. The summed E-state index contributed by atoms with van der Waals surface area (Å²) in [5, 5.41) is 8.95. The molecule has 122 valence electrons. The van der Waals surface area contributed by atoms with Crippen molar-refractivity contribution in [2.45, 2.75) is 51.6 Å². The summed E-state index contributed by atoms with van der Waals surface area (Å²) in [5.74, 6) is 0.675. The molecule has 1 fully saturated rings. The highest BCUT2D eigenvalue weighted by molar-refractivity contribution is 5.95. The van der Waals surface area contributed by atoms with E-state index < -0.39 is 0 Å². The van der Waals surface area contributed by atoms with Crippen LogP contribution in [0.5, 0.6) is 0 Å². The number of fused-ring (bicyclic) bond motifs is 1. The van der Waals surface area contributed by atoms with Gasteiger partial charge in [-0.05, 0) is 37.1 Å². The molecule has 0 heterocycles. The van der Waals surface area contributed by atoms with E-state index in [0.29, 0.717) is 12.0 Å². The molecular formula is C20H26N2O. The number of benzene rings is 2. The molecule has 0 saturated heterocycles. The van der Waals surface area contributed by atoms with E-state index in [9.17, 15) is 4.79 Å². The van der Waals surface area contributed by atoms with E-state index >= 15 is 0 Å². The minimum atomic E-state index is -0.241. The summed E-state index contributed by atoms with van der Waals surface area (Å²) in [7, 11) is 0. The molecule has 2 N–H and O–H groups in total. The lowest BCUT2D eigenvalue weighted by molar-refractivity contribution is -0.122. The molecule has 2 aromatic carbocycles. The van der Waals surface area contributed by atoms with Gasteiger partial charge in [-0.1, -0.05) is 56.2 Å². The molecule has 2 aromatic rings. The Morgan fingerprint density at radius 3 is 2.65 bits per heavy atom. The van der Waals surface area contributed by atoms with Gasteiger partial charge in [0, 0.05) is 17.1 Å². The van der Waals surface area contributed by atoms with E-state index in [1.165, 1.54) is 24.6 Å². The van der Waals surface area contributed by atoms with Gasteiger partial charge in [0.05, 0.1) is 0 Å². The van der Waals surface area contributed by atoms with Gasteiger partial charge in [0.25, 0.3) is 0 Å². The third-order valence-corrected chi connectivity index (χ3v) is 4.99. The second-order valence-electron chi connectivity index (χ2n) is 6.77. The van der Waals surface area contributed by atoms with Gasteiger partial charge in [-0.25, -0.2) is 0 Å². The van der Waals surface area contributed by atoms with Crippen molar-refractivity contribution >= 4 is 22.4 Å². The van der Waals surface area contributed by atoms with E-state index in [2.05, 4.69) is 35.8 Å². The molecule has 0 radical (unpaired) electrons. The van der Waals surface area contributed by atoms with Gasteiger partial charge in [0.2, 0.25) is 5.91 Å². The number of nitrogens with one attached hydrogen (secondary N) is 2. The fraction of sp³-hybridized carbons (Fsp3) is 0.450. The molecule has 3 nitrogen and oxygen atoms in total. The highest BCUT2D eigenvalue weighted by Gasteiger charge is 2.24. The van der Waals surface area contributed by atoms with Crippen molar-refractivity contribution in [2.24, 2.45) is 5.92 Å². The lowest BCUT2D eigenvalue weighted by atomic mass is 9.86. The fourth-order valence-electron chi connectivity index (χ4n) is 3.49. The maximum Gasteiger partial charge on any atom is 0.242 e. The summed E-state index contributed by atoms with van der Waals surface area (Å²) in [6.07, 6.45) is 4.84. The summed E-state index contributed by atoms with van der Waals surface area (Å²) in [5.41, 5.74) is 1.02. The van der Waals surface area contributed by atoms with Crippen LogP contribution in [0.2, 0.25) is 0 Å². The van der Waals surface area contributed by atoms with Crippen LogP contribution in [0.3, 0.4) is 0 Å². The van der Waals surface area contributed by atoms with Crippen molar-refractivity contribution < 1.29 is 4.79 Å². The van der Waals surface area contributed by atoms with Crippen LogP contribution in [0.4, 0.5) is 5.69 Å². The van der Waals surface area contributed by atoms with Gasteiger partial charge in [0.15, 0.2) is 0 Å². The number of hydrogen-bond acceptors (Lipinski definition) is 2. The number of anilines is 1. The molecule has 1 saturated carbocycles. The van der Waals surface area contributed by atoms with Crippen molar-refractivity contribution in [1.29, 1.82) is 0 Å². The van der Waals surface area contributed by atoms with Crippen LogP contribution in [0, 0.1) is 5.92 Å². The normalized spacial score (nSPS) is 22.5. The Balaban J connectivity index is 1.68. The van der Waals surface area contributed by atoms with Gasteiger partial charge in [-0.2, -0.15) is 0 Å². The van der Waals surface area contributed by atoms with Gasteiger partial charge in [-0.15, -0.1) is 0 Å². The number of rotatable bonds is 4. The SMILES string of the molecule is C[C@@H](Nc1cccc2ccccc12)C(=O)N[C@H]1CCCC[C@@H]1C. The van der Waals surface area contributed by atoms with Crippen LogP contribution in [0.1, 0.15) is 39.5 Å². The smallest absolute Gasteiger partial charge is 0.242 e. The van der Waals surface area contributed by atoms with Crippen LogP contribution >= 0.6 is 0 Å². The zero-order valence-electron chi connectivity index (χ0n) is 14.0. The number of carbonyl (C=O) groups excluding carboxylic acids is 1. The Kier molecular flexibility index (Phi) is 4.85. The monoisotopic (exact) mass is 310 g/mol. The fourth-order valence-corrected chi connectivity index (χ4v) is 3.49. The molecule has 1 aliphatic carbocycles. The molecule has 0 aliphatic heterocycles. The Hall–Kier alpha value is -2.03. The summed E-state index contributed by atoms with van der Waals surface area (Å²) >= 11 is 0. The predicted molar refractivity (Wildman–Crippen MR) is 96.6 cm³/mol. The van der Waals surface area contributed by atoms with Gasteiger partial charge < -0.3 is 10.6 Å². The molecule has 0 aromatic heterocycles. The highest BCUT2D eigenvalue weighted by Crippen LogP contribution is 2.25. The molecule has 3 rings (SSSR count). The standard InChI is InChI=1S/C20H26N2O/c1-14-8-3-6-12-18(14)22-20(23)15(2)21-19-13-7-10-16-9-4-5-11-17(16)19/h4-5,7,9-11,13-15,18,21H,3,6,8,12H2,1-2H3,(H,22,23)/t14-,15+,18-/m0/s1. The van der Waals surface area contributed by atoms with Crippen molar-refractivity contribution in [3.05, 3.63) is 42.5 Å². The second-order valence-corrected chi connectivity index (χ2v) is 6.77. The first kappa shape index (κ1) is 15.9. The van der Waals surface area contributed by atoms with Crippen molar-refractivity contribution in [1.82, 2.24) is 5.32 Å². The Morgan fingerprint density at radius 1 is 1.09 bits per heavy atom. The lowest BCUT2D eigenvalue weighted by Gasteiger charge is -2.30.